The molecule has 2 aromatic rings. The Morgan fingerprint density at radius 2 is 1.70 bits per heavy atom. The van der Waals surface area contributed by atoms with E-state index in [4.69, 9.17) is 0 Å². The van der Waals surface area contributed by atoms with Gasteiger partial charge in [-0.05, 0) is 42.2 Å². The summed E-state index contributed by atoms with van der Waals surface area (Å²) in [6, 6.07) is 15.3. The van der Waals surface area contributed by atoms with Crippen LogP contribution in [0.1, 0.15) is 10.4 Å². The SMILES string of the molecule is CN(c1ccccc1)S(=O)(=O)c1cccc(C(=O)N2C[C@H]3CNC[C@H]3C2)c1. The van der Waals surface area contributed by atoms with Crippen molar-refractivity contribution in [3.8, 4) is 0 Å². The number of para-hydroxylation sites is 1. The molecule has 6 nitrogen and oxygen atoms in total. The minimum absolute atomic E-state index is 0.0937. The van der Waals surface area contributed by atoms with E-state index in [1.54, 1.807) is 36.4 Å². The predicted octanol–water partition coefficient (Wildman–Crippen LogP) is 1.80. The highest BCUT2D eigenvalue weighted by molar-refractivity contribution is 7.92. The Labute approximate surface area is 159 Å². The lowest BCUT2D eigenvalue weighted by molar-refractivity contribution is 0.0781. The summed E-state index contributed by atoms with van der Waals surface area (Å²) in [5, 5.41) is 3.36. The zero-order valence-electron chi connectivity index (χ0n) is 15.2. The van der Waals surface area contributed by atoms with E-state index in [1.165, 1.54) is 23.5 Å². The molecule has 0 saturated carbocycles. The number of likely N-dealkylation sites (tertiary alicyclic amines) is 1. The summed E-state index contributed by atoms with van der Waals surface area (Å²) >= 11 is 0. The lowest BCUT2D eigenvalue weighted by Crippen LogP contribution is -2.32. The van der Waals surface area contributed by atoms with Gasteiger partial charge in [-0.1, -0.05) is 24.3 Å². The van der Waals surface area contributed by atoms with Crippen molar-refractivity contribution in [2.45, 2.75) is 4.90 Å². The zero-order valence-corrected chi connectivity index (χ0v) is 16.0. The van der Waals surface area contributed by atoms with Crippen LogP contribution in [-0.2, 0) is 10.0 Å². The molecule has 7 heteroatoms. The van der Waals surface area contributed by atoms with Crippen LogP contribution in [0.5, 0.6) is 0 Å². The van der Waals surface area contributed by atoms with Gasteiger partial charge in [0.2, 0.25) is 0 Å². The number of hydrogen-bond donors (Lipinski definition) is 1. The monoisotopic (exact) mass is 385 g/mol. The van der Waals surface area contributed by atoms with Gasteiger partial charge in [-0.3, -0.25) is 9.10 Å². The Balaban J connectivity index is 1.58. The first-order valence-electron chi connectivity index (χ1n) is 9.11. The molecule has 142 valence electrons. The summed E-state index contributed by atoms with van der Waals surface area (Å²) < 4.78 is 27.2. The predicted molar refractivity (Wildman–Crippen MR) is 104 cm³/mol. The lowest BCUT2D eigenvalue weighted by Gasteiger charge is -2.21. The molecule has 1 amide bonds. The highest BCUT2D eigenvalue weighted by Crippen LogP contribution is 2.28. The van der Waals surface area contributed by atoms with Crippen molar-refractivity contribution >= 4 is 21.6 Å². The van der Waals surface area contributed by atoms with E-state index in [1.807, 2.05) is 11.0 Å². The van der Waals surface area contributed by atoms with Crippen LogP contribution in [0.4, 0.5) is 5.69 Å². The summed E-state index contributed by atoms with van der Waals surface area (Å²) in [5.74, 6) is 0.916. The van der Waals surface area contributed by atoms with Gasteiger partial charge in [0.25, 0.3) is 15.9 Å². The minimum atomic E-state index is -3.73. The van der Waals surface area contributed by atoms with E-state index >= 15 is 0 Å². The molecule has 4 rings (SSSR count). The number of amides is 1. The van der Waals surface area contributed by atoms with Crippen molar-refractivity contribution in [3.05, 3.63) is 60.2 Å². The van der Waals surface area contributed by atoms with Gasteiger partial charge in [-0.2, -0.15) is 0 Å². The van der Waals surface area contributed by atoms with Gasteiger partial charge in [-0.25, -0.2) is 8.42 Å². The van der Waals surface area contributed by atoms with Crippen LogP contribution in [0, 0.1) is 11.8 Å². The van der Waals surface area contributed by atoms with Gasteiger partial charge in [0.1, 0.15) is 0 Å². The van der Waals surface area contributed by atoms with E-state index in [0.29, 0.717) is 23.1 Å². The first-order chi connectivity index (χ1) is 13.0. The molecule has 27 heavy (non-hydrogen) atoms. The summed E-state index contributed by atoms with van der Waals surface area (Å²) in [6.07, 6.45) is 0. The van der Waals surface area contributed by atoms with Crippen LogP contribution in [0.25, 0.3) is 0 Å². The average Bonchev–Trinajstić information content (AvgIpc) is 3.30. The number of fused-ring (bicyclic) bond motifs is 1. The summed E-state index contributed by atoms with van der Waals surface area (Å²) in [7, 11) is -2.21. The summed E-state index contributed by atoms with van der Waals surface area (Å²) in [4.78, 5) is 14.9. The summed E-state index contributed by atoms with van der Waals surface area (Å²) in [6.45, 7) is 3.37. The molecule has 2 heterocycles. The van der Waals surface area contributed by atoms with Crippen LogP contribution < -0.4 is 9.62 Å². The van der Waals surface area contributed by atoms with Crippen LogP contribution >= 0.6 is 0 Å². The second-order valence-electron chi connectivity index (χ2n) is 7.22. The Kier molecular flexibility index (Phi) is 4.65. The van der Waals surface area contributed by atoms with Crippen LogP contribution in [0.2, 0.25) is 0 Å². The molecule has 0 aliphatic carbocycles. The van der Waals surface area contributed by atoms with Gasteiger partial charge in [0.15, 0.2) is 0 Å². The molecule has 0 aromatic heterocycles. The fourth-order valence-corrected chi connectivity index (χ4v) is 5.17. The van der Waals surface area contributed by atoms with E-state index < -0.39 is 10.0 Å². The average molecular weight is 385 g/mol. The van der Waals surface area contributed by atoms with Crippen molar-refractivity contribution in [2.24, 2.45) is 11.8 Å². The number of carbonyl (C=O) groups is 1. The van der Waals surface area contributed by atoms with Crippen LogP contribution in [0.15, 0.2) is 59.5 Å². The largest absolute Gasteiger partial charge is 0.338 e. The Hall–Kier alpha value is -2.38. The Morgan fingerprint density at radius 1 is 1.04 bits per heavy atom. The summed E-state index contributed by atoms with van der Waals surface area (Å²) in [5.41, 5.74) is 1.000. The number of nitrogens with zero attached hydrogens (tertiary/aromatic N) is 2. The fraction of sp³-hybridized carbons (Fsp3) is 0.350. The standard InChI is InChI=1S/C20H23N3O3S/c1-22(18-7-3-2-4-8-18)27(25,26)19-9-5-6-15(10-19)20(24)23-13-16-11-21-12-17(16)14-23/h2-10,16-17,21H,11-14H2,1H3/t16-,17+. The maximum atomic E-state index is 13.0. The number of nitrogens with one attached hydrogen (secondary N) is 1. The van der Waals surface area contributed by atoms with Crippen LogP contribution in [-0.4, -0.2) is 52.5 Å². The molecule has 0 radical (unpaired) electrons. The molecule has 0 spiro atoms. The van der Waals surface area contributed by atoms with Crippen molar-refractivity contribution in [1.82, 2.24) is 10.2 Å². The van der Waals surface area contributed by atoms with Gasteiger partial charge in [0, 0.05) is 38.8 Å². The number of carbonyl (C=O) groups excluding carboxylic acids is 1. The van der Waals surface area contributed by atoms with E-state index in [-0.39, 0.29) is 10.8 Å². The Morgan fingerprint density at radius 3 is 2.37 bits per heavy atom. The van der Waals surface area contributed by atoms with E-state index in [0.717, 1.165) is 26.2 Å². The normalized spacial score (nSPS) is 21.9. The molecule has 2 fully saturated rings. The van der Waals surface area contributed by atoms with Gasteiger partial charge < -0.3 is 10.2 Å². The molecule has 0 unspecified atom stereocenters. The van der Waals surface area contributed by atoms with Crippen molar-refractivity contribution in [3.63, 3.8) is 0 Å². The molecule has 2 atom stereocenters. The van der Waals surface area contributed by atoms with Crippen LogP contribution in [0.3, 0.4) is 0 Å². The third-order valence-corrected chi connectivity index (χ3v) is 7.32. The number of sulfonamides is 1. The minimum Gasteiger partial charge on any atom is -0.338 e. The van der Waals surface area contributed by atoms with E-state index in [9.17, 15) is 13.2 Å². The third-order valence-electron chi connectivity index (χ3n) is 5.54. The van der Waals surface area contributed by atoms with Gasteiger partial charge in [-0.15, -0.1) is 0 Å². The quantitative estimate of drug-likeness (QED) is 0.871. The highest BCUT2D eigenvalue weighted by atomic mass is 32.2. The maximum absolute atomic E-state index is 13.0. The molecule has 2 saturated heterocycles. The molecule has 0 bridgehead atoms. The van der Waals surface area contributed by atoms with Gasteiger partial charge in [0.05, 0.1) is 10.6 Å². The van der Waals surface area contributed by atoms with Crippen molar-refractivity contribution in [2.75, 3.05) is 37.5 Å². The third kappa shape index (κ3) is 3.33. The first kappa shape index (κ1) is 18.0. The smallest absolute Gasteiger partial charge is 0.264 e. The molecule has 2 aromatic carbocycles. The van der Waals surface area contributed by atoms with Crippen molar-refractivity contribution in [1.29, 1.82) is 0 Å². The zero-order chi connectivity index (χ0) is 19.0. The Bertz CT molecular complexity index is 934. The molecule has 2 aliphatic rings. The molecule has 1 N–H and O–H groups in total. The number of hydrogen-bond acceptors (Lipinski definition) is 4. The first-order valence-corrected chi connectivity index (χ1v) is 10.5. The van der Waals surface area contributed by atoms with Crippen molar-refractivity contribution < 1.29 is 13.2 Å². The molecular weight excluding hydrogens is 362 g/mol. The second-order valence-corrected chi connectivity index (χ2v) is 9.19. The second kappa shape index (κ2) is 6.98. The number of rotatable bonds is 4. The molecular formula is C20H23N3O3S. The lowest BCUT2D eigenvalue weighted by atomic mass is 10.0. The fourth-order valence-electron chi connectivity index (χ4n) is 3.93. The highest BCUT2D eigenvalue weighted by Gasteiger charge is 2.38. The van der Waals surface area contributed by atoms with E-state index in [2.05, 4.69) is 5.32 Å². The molecule has 2 aliphatic heterocycles. The number of anilines is 1. The number of benzene rings is 2. The maximum Gasteiger partial charge on any atom is 0.264 e. The topological polar surface area (TPSA) is 69.7 Å². The van der Waals surface area contributed by atoms with Gasteiger partial charge >= 0.3 is 0 Å².